The molecule has 0 N–H and O–H groups in total. The second kappa shape index (κ2) is 10.5. The van der Waals surface area contributed by atoms with Gasteiger partial charge in [-0.3, -0.25) is 9.69 Å². The van der Waals surface area contributed by atoms with E-state index in [1.165, 1.54) is 23.5 Å². The van der Waals surface area contributed by atoms with E-state index in [4.69, 9.17) is 14.5 Å². The lowest BCUT2D eigenvalue weighted by molar-refractivity contribution is 0.0980. The Balaban J connectivity index is 2.14. The number of amides is 1. The molecule has 0 aliphatic carbocycles. The number of carbonyl (C=O) groups excluding carboxylic acids is 1. The molecule has 2 aromatic carbocycles. The molecule has 0 radical (unpaired) electrons. The lowest BCUT2D eigenvalue weighted by atomic mass is 10.2. The molecule has 10 heteroatoms. The first kappa shape index (κ1) is 24.9. The summed E-state index contributed by atoms with van der Waals surface area (Å²) in [5.41, 5.74) is 0.714. The van der Waals surface area contributed by atoms with Crippen LogP contribution in [0, 0.1) is 0 Å². The Bertz CT molecular complexity index is 1200. The largest absolute Gasteiger partial charge is 0.495 e. The van der Waals surface area contributed by atoms with Gasteiger partial charge in [-0.15, -0.1) is 0 Å². The summed E-state index contributed by atoms with van der Waals surface area (Å²) in [6.07, 6.45) is 1.10. The zero-order chi connectivity index (χ0) is 24.2. The fourth-order valence-corrected chi connectivity index (χ4v) is 5.55. The molecule has 0 fully saturated rings. The van der Waals surface area contributed by atoms with Gasteiger partial charge in [0.05, 0.1) is 24.7 Å². The van der Waals surface area contributed by atoms with Crippen LogP contribution in [0.4, 0.5) is 5.13 Å². The second-order valence-electron chi connectivity index (χ2n) is 7.40. The van der Waals surface area contributed by atoms with Crippen LogP contribution in [-0.2, 0) is 9.84 Å². The first-order valence-electron chi connectivity index (χ1n) is 10.6. The van der Waals surface area contributed by atoms with E-state index in [0.29, 0.717) is 35.2 Å². The minimum Gasteiger partial charge on any atom is -0.495 e. The Kier molecular flexibility index (Phi) is 7.93. The fourth-order valence-electron chi connectivity index (χ4n) is 3.57. The minimum atomic E-state index is -3.60. The predicted octanol–water partition coefficient (Wildman–Crippen LogP) is 3.71. The monoisotopic (exact) mass is 491 g/mol. The third-order valence-electron chi connectivity index (χ3n) is 5.43. The average molecular weight is 492 g/mol. The normalized spacial score (nSPS) is 11.7. The van der Waals surface area contributed by atoms with Gasteiger partial charge in [0.1, 0.15) is 21.7 Å². The average Bonchev–Trinajstić information content (AvgIpc) is 3.25. The molecule has 0 saturated heterocycles. The van der Waals surface area contributed by atoms with Crippen molar-refractivity contribution in [2.75, 3.05) is 51.6 Å². The summed E-state index contributed by atoms with van der Waals surface area (Å²) in [7, 11) is -0.459. The number of methoxy groups -OCH3 is 2. The Labute approximate surface area is 198 Å². The highest BCUT2D eigenvalue weighted by Crippen LogP contribution is 2.40. The molecule has 1 amide bonds. The second-order valence-corrected chi connectivity index (χ2v) is 10.4. The van der Waals surface area contributed by atoms with Gasteiger partial charge in [0, 0.05) is 19.3 Å². The SMILES string of the molecule is CCN(CC)CCN(C(=O)c1ccccc1S(C)(=O)=O)c1nc2c(OC)ccc(OC)c2s1. The van der Waals surface area contributed by atoms with Crippen LogP contribution >= 0.6 is 11.3 Å². The molecule has 0 aliphatic rings. The quantitative estimate of drug-likeness (QED) is 0.427. The molecule has 0 spiro atoms. The van der Waals surface area contributed by atoms with Gasteiger partial charge in [0.25, 0.3) is 5.91 Å². The number of hydrogen-bond donors (Lipinski definition) is 0. The maximum Gasteiger partial charge on any atom is 0.261 e. The molecule has 1 aromatic heterocycles. The van der Waals surface area contributed by atoms with Crippen LogP contribution in [0.15, 0.2) is 41.3 Å². The number of sulfone groups is 1. The van der Waals surface area contributed by atoms with Crippen molar-refractivity contribution in [1.29, 1.82) is 0 Å². The molecule has 3 aromatic rings. The van der Waals surface area contributed by atoms with Crippen molar-refractivity contribution < 1.29 is 22.7 Å². The summed E-state index contributed by atoms with van der Waals surface area (Å²) in [5, 5.41) is 0.452. The van der Waals surface area contributed by atoms with Crippen LogP contribution in [0.2, 0.25) is 0 Å². The van der Waals surface area contributed by atoms with Crippen molar-refractivity contribution in [2.24, 2.45) is 0 Å². The van der Waals surface area contributed by atoms with Crippen molar-refractivity contribution in [3.63, 3.8) is 0 Å². The number of ether oxygens (including phenoxy) is 2. The highest BCUT2D eigenvalue weighted by Gasteiger charge is 2.27. The van der Waals surface area contributed by atoms with Crippen LogP contribution in [0.3, 0.4) is 0 Å². The molecule has 3 rings (SSSR count). The smallest absolute Gasteiger partial charge is 0.261 e. The fraction of sp³-hybridized carbons (Fsp3) is 0.391. The molecule has 0 saturated carbocycles. The van der Waals surface area contributed by atoms with E-state index in [-0.39, 0.29) is 10.5 Å². The highest BCUT2D eigenvalue weighted by molar-refractivity contribution is 7.90. The standard InChI is InChI=1S/C23H29N3O5S2/c1-6-25(7-2)14-15-26(22(27)16-10-8-9-11-19(16)33(5,28)29)23-24-20-17(30-3)12-13-18(31-4)21(20)32-23/h8-13H,6-7,14-15H2,1-5H3. The maximum absolute atomic E-state index is 13.7. The van der Waals surface area contributed by atoms with Crippen LogP contribution < -0.4 is 14.4 Å². The number of anilines is 1. The lowest BCUT2D eigenvalue weighted by Crippen LogP contribution is -2.39. The number of rotatable bonds is 10. The van der Waals surface area contributed by atoms with Gasteiger partial charge >= 0.3 is 0 Å². The van der Waals surface area contributed by atoms with Crippen molar-refractivity contribution in [1.82, 2.24) is 9.88 Å². The van der Waals surface area contributed by atoms with Crippen molar-refractivity contribution >= 4 is 42.4 Å². The molecule has 178 valence electrons. The molecule has 0 atom stereocenters. The summed E-state index contributed by atoms with van der Waals surface area (Å²) < 4.78 is 36.4. The van der Waals surface area contributed by atoms with Gasteiger partial charge in [0.2, 0.25) is 0 Å². The van der Waals surface area contributed by atoms with E-state index >= 15 is 0 Å². The predicted molar refractivity (Wildman–Crippen MR) is 132 cm³/mol. The highest BCUT2D eigenvalue weighted by atomic mass is 32.2. The van der Waals surface area contributed by atoms with Crippen LogP contribution in [-0.4, -0.2) is 70.9 Å². The number of carbonyl (C=O) groups is 1. The topological polar surface area (TPSA) is 89.0 Å². The van der Waals surface area contributed by atoms with Crippen molar-refractivity contribution in [3.8, 4) is 11.5 Å². The maximum atomic E-state index is 13.7. The number of hydrogen-bond acceptors (Lipinski definition) is 8. The summed E-state index contributed by atoms with van der Waals surface area (Å²) in [6.45, 7) is 6.75. The zero-order valence-electron chi connectivity index (χ0n) is 19.5. The third-order valence-corrected chi connectivity index (χ3v) is 7.67. The van der Waals surface area contributed by atoms with Gasteiger partial charge < -0.3 is 14.4 Å². The molecular weight excluding hydrogens is 462 g/mol. The summed E-state index contributed by atoms with van der Waals surface area (Å²) in [5.74, 6) is 0.781. The van der Waals surface area contributed by atoms with E-state index in [2.05, 4.69) is 18.7 Å². The number of likely N-dealkylation sites (N-methyl/N-ethyl adjacent to an activating group) is 1. The molecule has 33 heavy (non-hydrogen) atoms. The molecule has 0 aliphatic heterocycles. The van der Waals surface area contributed by atoms with Gasteiger partial charge in [-0.05, 0) is 37.4 Å². The summed E-state index contributed by atoms with van der Waals surface area (Å²) in [4.78, 5) is 22.2. The molecule has 0 bridgehead atoms. The molecule has 1 heterocycles. The van der Waals surface area contributed by atoms with E-state index in [9.17, 15) is 13.2 Å². The van der Waals surface area contributed by atoms with E-state index in [0.717, 1.165) is 24.0 Å². The number of thiazole rings is 1. The zero-order valence-corrected chi connectivity index (χ0v) is 21.1. The Morgan fingerprint density at radius 3 is 2.24 bits per heavy atom. The van der Waals surface area contributed by atoms with Crippen molar-refractivity contribution in [2.45, 2.75) is 18.7 Å². The minimum absolute atomic E-state index is 0.000823. The van der Waals surface area contributed by atoms with Crippen molar-refractivity contribution in [3.05, 3.63) is 42.0 Å². The first-order valence-corrected chi connectivity index (χ1v) is 13.3. The summed E-state index contributed by atoms with van der Waals surface area (Å²) in [6, 6.07) is 9.83. The Morgan fingerprint density at radius 1 is 1.00 bits per heavy atom. The molecule has 8 nitrogen and oxygen atoms in total. The van der Waals surface area contributed by atoms with Crippen LogP contribution in [0.5, 0.6) is 11.5 Å². The van der Waals surface area contributed by atoms with Gasteiger partial charge in [-0.2, -0.15) is 0 Å². The lowest BCUT2D eigenvalue weighted by Gasteiger charge is -2.25. The van der Waals surface area contributed by atoms with Gasteiger partial charge in [-0.1, -0.05) is 37.3 Å². The Hall–Kier alpha value is -2.69. The van der Waals surface area contributed by atoms with Crippen LogP contribution in [0.1, 0.15) is 24.2 Å². The first-order chi connectivity index (χ1) is 15.7. The molecule has 0 unspecified atom stereocenters. The van der Waals surface area contributed by atoms with E-state index in [1.807, 2.05) is 0 Å². The van der Waals surface area contributed by atoms with Crippen LogP contribution in [0.25, 0.3) is 10.2 Å². The number of benzene rings is 2. The van der Waals surface area contributed by atoms with E-state index in [1.54, 1.807) is 43.4 Å². The van der Waals surface area contributed by atoms with Gasteiger partial charge in [0.15, 0.2) is 15.0 Å². The molecular formula is C23H29N3O5S2. The number of aromatic nitrogens is 1. The van der Waals surface area contributed by atoms with E-state index < -0.39 is 15.7 Å². The third kappa shape index (κ3) is 5.29. The number of nitrogens with zero attached hydrogens (tertiary/aromatic N) is 3. The Morgan fingerprint density at radius 2 is 1.64 bits per heavy atom. The summed E-state index contributed by atoms with van der Waals surface area (Å²) >= 11 is 1.31. The van der Waals surface area contributed by atoms with Gasteiger partial charge in [-0.25, -0.2) is 13.4 Å². The number of fused-ring (bicyclic) bond motifs is 1.